The van der Waals surface area contributed by atoms with Gasteiger partial charge in [0, 0.05) is 6.04 Å². The second kappa shape index (κ2) is 6.59. The highest BCUT2D eigenvalue weighted by molar-refractivity contribution is 5.67. The molecular weight excluding hydrogens is 240 g/mol. The van der Waals surface area contributed by atoms with E-state index in [9.17, 15) is 0 Å². The van der Waals surface area contributed by atoms with Gasteiger partial charge in [-0.05, 0) is 26.7 Å². The molecule has 0 radical (unpaired) electrons. The van der Waals surface area contributed by atoms with E-state index in [2.05, 4.69) is 15.3 Å². The number of nitrogens with one attached hydrogen (secondary N) is 1. The number of nitrogen functional groups attached to an aromatic ring is 1. The summed E-state index contributed by atoms with van der Waals surface area (Å²) >= 11 is 0. The Labute approximate surface area is 115 Å². The zero-order valence-corrected chi connectivity index (χ0v) is 11.9. The molecule has 5 heteroatoms. The zero-order valence-electron chi connectivity index (χ0n) is 11.9. The summed E-state index contributed by atoms with van der Waals surface area (Å²) < 4.78 is 5.46. The van der Waals surface area contributed by atoms with Crippen molar-refractivity contribution in [3.63, 3.8) is 0 Å². The molecule has 0 aliphatic heterocycles. The topological polar surface area (TPSA) is 73.1 Å². The molecular formula is C14H24N4O. The molecule has 1 aromatic heterocycles. The Hall–Kier alpha value is -1.52. The van der Waals surface area contributed by atoms with Crippen LogP contribution in [0.25, 0.3) is 0 Å². The van der Waals surface area contributed by atoms with Gasteiger partial charge in [-0.3, -0.25) is 0 Å². The Balaban J connectivity index is 2.14. The van der Waals surface area contributed by atoms with Gasteiger partial charge in [-0.25, -0.2) is 4.98 Å². The third-order valence-corrected chi connectivity index (χ3v) is 3.50. The smallest absolute Gasteiger partial charge is 0.242 e. The van der Waals surface area contributed by atoms with Gasteiger partial charge < -0.3 is 15.8 Å². The van der Waals surface area contributed by atoms with E-state index < -0.39 is 0 Å². The van der Waals surface area contributed by atoms with Crippen LogP contribution < -0.4 is 15.8 Å². The Kier molecular flexibility index (Phi) is 4.82. The number of hydrogen-bond donors (Lipinski definition) is 2. The zero-order chi connectivity index (χ0) is 13.7. The van der Waals surface area contributed by atoms with Gasteiger partial charge in [0.1, 0.15) is 11.5 Å². The quantitative estimate of drug-likeness (QED) is 0.818. The van der Waals surface area contributed by atoms with Crippen LogP contribution in [-0.4, -0.2) is 22.6 Å². The summed E-state index contributed by atoms with van der Waals surface area (Å²) in [7, 11) is 0. The number of hydrogen-bond acceptors (Lipinski definition) is 5. The molecule has 1 aromatic rings. The van der Waals surface area contributed by atoms with Crippen molar-refractivity contribution in [1.29, 1.82) is 0 Å². The molecule has 0 atom stereocenters. The van der Waals surface area contributed by atoms with Crippen molar-refractivity contribution in [3.8, 4) is 5.88 Å². The minimum absolute atomic E-state index is 0.466. The largest absolute Gasteiger partial charge is 0.476 e. The summed E-state index contributed by atoms with van der Waals surface area (Å²) in [6.07, 6.45) is 7.60. The van der Waals surface area contributed by atoms with Gasteiger partial charge in [0.2, 0.25) is 5.88 Å². The maximum Gasteiger partial charge on any atom is 0.242 e. The number of rotatable bonds is 4. The Morgan fingerprint density at radius 2 is 1.89 bits per heavy atom. The lowest BCUT2D eigenvalue weighted by atomic mass is 10.1. The van der Waals surface area contributed by atoms with Crippen molar-refractivity contribution in [2.45, 2.75) is 58.4 Å². The van der Waals surface area contributed by atoms with E-state index in [1.54, 1.807) is 0 Å². The lowest BCUT2D eigenvalue weighted by Crippen LogP contribution is -2.21. The van der Waals surface area contributed by atoms with Crippen LogP contribution in [0, 0.1) is 6.92 Å². The van der Waals surface area contributed by atoms with E-state index >= 15 is 0 Å². The third kappa shape index (κ3) is 3.72. The SMILES string of the molecule is CCOc1nc(C)nc(NC2CCCCCC2)c1N. The van der Waals surface area contributed by atoms with Gasteiger partial charge in [-0.15, -0.1) is 0 Å². The first-order valence-electron chi connectivity index (χ1n) is 7.24. The summed E-state index contributed by atoms with van der Waals surface area (Å²) in [6.45, 7) is 4.35. The first-order chi connectivity index (χ1) is 9.20. The second-order valence-corrected chi connectivity index (χ2v) is 5.10. The minimum atomic E-state index is 0.466. The average molecular weight is 264 g/mol. The number of anilines is 2. The molecule has 1 aliphatic rings. The van der Waals surface area contributed by atoms with Gasteiger partial charge in [-0.1, -0.05) is 25.7 Å². The fraction of sp³-hybridized carbons (Fsp3) is 0.714. The maximum absolute atomic E-state index is 6.08. The van der Waals surface area contributed by atoms with Crippen molar-refractivity contribution < 1.29 is 4.74 Å². The molecule has 0 saturated heterocycles. The van der Waals surface area contributed by atoms with E-state index in [0.717, 1.165) is 5.82 Å². The van der Waals surface area contributed by atoms with Crippen molar-refractivity contribution in [2.75, 3.05) is 17.7 Å². The second-order valence-electron chi connectivity index (χ2n) is 5.10. The summed E-state index contributed by atoms with van der Waals surface area (Å²) in [6, 6.07) is 0.466. The van der Waals surface area contributed by atoms with Gasteiger partial charge >= 0.3 is 0 Å². The molecule has 0 unspecified atom stereocenters. The van der Waals surface area contributed by atoms with Crippen molar-refractivity contribution in [3.05, 3.63) is 5.82 Å². The highest BCUT2D eigenvalue weighted by Gasteiger charge is 2.16. The molecule has 0 bridgehead atoms. The van der Waals surface area contributed by atoms with Gasteiger partial charge in [0.25, 0.3) is 0 Å². The number of nitrogens with two attached hydrogens (primary N) is 1. The van der Waals surface area contributed by atoms with Gasteiger partial charge in [0.05, 0.1) is 6.61 Å². The maximum atomic E-state index is 6.08. The molecule has 19 heavy (non-hydrogen) atoms. The van der Waals surface area contributed by atoms with Crippen molar-refractivity contribution in [2.24, 2.45) is 0 Å². The van der Waals surface area contributed by atoms with Crippen LogP contribution in [0.2, 0.25) is 0 Å². The van der Waals surface area contributed by atoms with Gasteiger partial charge in [-0.2, -0.15) is 4.98 Å². The van der Waals surface area contributed by atoms with Crippen LogP contribution in [0.3, 0.4) is 0 Å². The Morgan fingerprint density at radius 1 is 1.21 bits per heavy atom. The normalized spacial score (nSPS) is 16.9. The lowest BCUT2D eigenvalue weighted by Gasteiger charge is -2.19. The monoisotopic (exact) mass is 264 g/mol. The highest BCUT2D eigenvalue weighted by Crippen LogP contribution is 2.28. The summed E-state index contributed by atoms with van der Waals surface area (Å²) in [4.78, 5) is 8.65. The lowest BCUT2D eigenvalue weighted by molar-refractivity contribution is 0.327. The number of aryl methyl sites for hydroxylation is 1. The van der Waals surface area contributed by atoms with E-state index in [1.807, 2.05) is 13.8 Å². The predicted molar refractivity (Wildman–Crippen MR) is 77.5 cm³/mol. The van der Waals surface area contributed by atoms with E-state index in [4.69, 9.17) is 10.5 Å². The summed E-state index contributed by atoms with van der Waals surface area (Å²) in [5.41, 5.74) is 6.61. The predicted octanol–water partition coefficient (Wildman–Crippen LogP) is 2.90. The van der Waals surface area contributed by atoms with Gasteiger partial charge in [0.15, 0.2) is 5.82 Å². The van der Waals surface area contributed by atoms with E-state index in [0.29, 0.717) is 30.0 Å². The standard InChI is InChI=1S/C14H24N4O/c1-3-19-14-12(15)13(16-10(2)17-14)18-11-8-6-4-5-7-9-11/h11H,3-9,15H2,1-2H3,(H,16,17,18). The first-order valence-corrected chi connectivity index (χ1v) is 7.24. The highest BCUT2D eigenvalue weighted by atomic mass is 16.5. The van der Waals surface area contributed by atoms with E-state index in [-0.39, 0.29) is 0 Å². The molecule has 0 aromatic carbocycles. The molecule has 0 spiro atoms. The molecule has 1 aliphatic carbocycles. The summed E-state index contributed by atoms with van der Waals surface area (Å²) in [5.74, 6) is 1.91. The van der Waals surface area contributed by atoms with Crippen LogP contribution >= 0.6 is 0 Å². The van der Waals surface area contributed by atoms with Crippen LogP contribution in [0.15, 0.2) is 0 Å². The van der Waals surface area contributed by atoms with E-state index in [1.165, 1.54) is 38.5 Å². The van der Waals surface area contributed by atoms with Crippen LogP contribution in [0.1, 0.15) is 51.3 Å². The number of ether oxygens (including phenoxy) is 1. The van der Waals surface area contributed by atoms with Crippen LogP contribution in [0.5, 0.6) is 5.88 Å². The molecule has 1 saturated carbocycles. The molecule has 0 amide bonds. The molecule has 2 rings (SSSR count). The summed E-state index contributed by atoms with van der Waals surface area (Å²) in [5, 5.41) is 3.47. The number of nitrogens with zero attached hydrogens (tertiary/aromatic N) is 2. The molecule has 3 N–H and O–H groups in total. The fourth-order valence-corrected chi connectivity index (χ4v) is 2.53. The molecule has 1 heterocycles. The van der Waals surface area contributed by atoms with Crippen molar-refractivity contribution in [1.82, 2.24) is 9.97 Å². The third-order valence-electron chi connectivity index (χ3n) is 3.50. The molecule has 106 valence electrons. The van der Waals surface area contributed by atoms with Crippen molar-refractivity contribution >= 4 is 11.5 Å². The fourth-order valence-electron chi connectivity index (χ4n) is 2.53. The Bertz CT molecular complexity index is 414. The molecule has 1 fully saturated rings. The minimum Gasteiger partial charge on any atom is -0.476 e. The average Bonchev–Trinajstić information content (AvgIpc) is 2.64. The molecule has 5 nitrogen and oxygen atoms in total. The number of aromatic nitrogens is 2. The van der Waals surface area contributed by atoms with Crippen LogP contribution in [0.4, 0.5) is 11.5 Å². The van der Waals surface area contributed by atoms with Crippen LogP contribution in [-0.2, 0) is 0 Å². The first kappa shape index (κ1) is 13.9. The Morgan fingerprint density at radius 3 is 2.53 bits per heavy atom.